The number of carbonyl (C=O) groups is 4. The van der Waals surface area contributed by atoms with Gasteiger partial charge in [0.2, 0.25) is 5.91 Å². The number of pyridine rings is 1. The highest BCUT2D eigenvalue weighted by Gasteiger charge is 2.28. The lowest BCUT2D eigenvalue weighted by atomic mass is 10.0. The third-order valence-electron chi connectivity index (χ3n) is 8.25. The van der Waals surface area contributed by atoms with Crippen molar-refractivity contribution in [3.63, 3.8) is 0 Å². The number of likely N-dealkylation sites (N-methyl/N-ethyl adjacent to an activating group) is 1. The maximum absolute atomic E-state index is 13.8. The maximum Gasteiger partial charge on any atom is 0.419 e. The molecule has 0 aliphatic carbocycles. The van der Waals surface area contributed by atoms with Gasteiger partial charge in [-0.2, -0.15) is 0 Å². The zero-order valence-electron chi connectivity index (χ0n) is 29.9. The number of carbonyl (C=O) groups excluding carboxylic acids is 4. The van der Waals surface area contributed by atoms with E-state index in [0.717, 1.165) is 35.7 Å². The lowest BCUT2D eigenvalue weighted by Gasteiger charge is -2.22. The first-order chi connectivity index (χ1) is 23.1. The fourth-order valence-corrected chi connectivity index (χ4v) is 5.91. The zero-order chi connectivity index (χ0) is 35.9. The van der Waals surface area contributed by atoms with Gasteiger partial charge in [0.25, 0.3) is 5.56 Å². The summed E-state index contributed by atoms with van der Waals surface area (Å²) >= 11 is 0. The molecule has 11 nitrogen and oxygen atoms in total. The third kappa shape index (κ3) is 9.93. The van der Waals surface area contributed by atoms with Crippen molar-refractivity contribution in [3.8, 4) is 0 Å². The molecule has 4 rings (SSSR count). The highest BCUT2D eigenvalue weighted by atomic mass is 16.6. The molecular formula is C38H50N4O7. The Bertz CT molecular complexity index is 1750. The number of ether oxygens (including phenoxy) is 2. The quantitative estimate of drug-likeness (QED) is 0.217. The Kier molecular flexibility index (Phi) is 12.2. The largest absolute Gasteiger partial charge is 0.443 e. The van der Waals surface area contributed by atoms with Gasteiger partial charge >= 0.3 is 12.2 Å². The maximum atomic E-state index is 13.8. The Balaban J connectivity index is 1.62. The molecule has 11 heteroatoms. The number of rotatable bonds is 12. The van der Waals surface area contributed by atoms with E-state index >= 15 is 0 Å². The van der Waals surface area contributed by atoms with Gasteiger partial charge in [-0.1, -0.05) is 44.2 Å². The number of aromatic nitrogens is 2. The van der Waals surface area contributed by atoms with Crippen molar-refractivity contribution in [1.29, 1.82) is 0 Å². The molecule has 0 N–H and O–H groups in total. The summed E-state index contributed by atoms with van der Waals surface area (Å²) in [7, 11) is 3.29. The standard InChI is InChI=1S/C38H50N4O7/c1-26(2)22-27-14-12-15-28-23-30(42(34(27)28)37(47)49-38(3,4)5)25-41-21-13-16-29(35(41)45)24-31(43)32(17-8-9-18-33(44)39(6)7)48-36(46)40-19-10-11-20-40/h9,12-16,18,21,23,26,32H,8,10-11,17,19-20,22,24-25H2,1-7H3/b18-9+/t32-/m0/s1. The first-order valence-corrected chi connectivity index (χ1v) is 17.0. The van der Waals surface area contributed by atoms with Crippen molar-refractivity contribution >= 4 is 34.8 Å². The number of hydrogen-bond acceptors (Lipinski definition) is 7. The molecule has 1 saturated heterocycles. The third-order valence-corrected chi connectivity index (χ3v) is 8.25. The van der Waals surface area contributed by atoms with Gasteiger partial charge in [0.1, 0.15) is 5.60 Å². The topological polar surface area (TPSA) is 120 Å². The number of para-hydroxylation sites is 1. The number of allylic oxidation sites excluding steroid dienone is 1. The Morgan fingerprint density at radius 2 is 1.67 bits per heavy atom. The molecule has 264 valence electrons. The first-order valence-electron chi connectivity index (χ1n) is 17.0. The minimum Gasteiger partial charge on any atom is -0.443 e. The summed E-state index contributed by atoms with van der Waals surface area (Å²) in [5.41, 5.74) is 1.45. The Morgan fingerprint density at radius 1 is 0.980 bits per heavy atom. The fourth-order valence-electron chi connectivity index (χ4n) is 5.91. The van der Waals surface area contributed by atoms with Crippen molar-refractivity contribution in [3.05, 3.63) is 81.9 Å². The van der Waals surface area contributed by atoms with E-state index in [9.17, 15) is 24.0 Å². The summed E-state index contributed by atoms with van der Waals surface area (Å²) < 4.78 is 14.5. The second-order valence-electron chi connectivity index (χ2n) is 14.3. The number of Topliss-reactive ketones (excluding diaryl/α,β-unsaturated/α-hetero) is 1. The average Bonchev–Trinajstić information content (AvgIpc) is 3.68. The average molecular weight is 675 g/mol. The van der Waals surface area contributed by atoms with Crippen LogP contribution >= 0.6 is 0 Å². The van der Waals surface area contributed by atoms with Gasteiger partial charge in [0.15, 0.2) is 11.9 Å². The molecule has 1 aliphatic rings. The van der Waals surface area contributed by atoms with Gasteiger partial charge in [-0.3, -0.25) is 14.4 Å². The highest BCUT2D eigenvalue weighted by molar-refractivity contribution is 5.93. The molecule has 3 aromatic rings. The second-order valence-corrected chi connectivity index (χ2v) is 14.3. The summed E-state index contributed by atoms with van der Waals surface area (Å²) in [4.78, 5) is 68.9. The number of nitrogens with zero attached hydrogens (tertiary/aromatic N) is 4. The van der Waals surface area contributed by atoms with E-state index in [1.165, 1.54) is 15.5 Å². The van der Waals surface area contributed by atoms with Gasteiger partial charge in [-0.05, 0) is 82.6 Å². The molecular weight excluding hydrogens is 624 g/mol. The van der Waals surface area contributed by atoms with Gasteiger partial charge in [-0.15, -0.1) is 0 Å². The van der Waals surface area contributed by atoms with Crippen LogP contribution in [0.3, 0.4) is 0 Å². The van der Waals surface area contributed by atoms with E-state index in [1.807, 2.05) is 45.0 Å². The van der Waals surface area contributed by atoms with Crippen LogP contribution in [-0.4, -0.2) is 81.7 Å². The molecule has 2 amide bonds. The van der Waals surface area contributed by atoms with Crippen LogP contribution in [0.4, 0.5) is 9.59 Å². The second kappa shape index (κ2) is 16.2. The number of amides is 2. The van der Waals surface area contributed by atoms with Crippen LogP contribution in [0.2, 0.25) is 0 Å². The van der Waals surface area contributed by atoms with Crippen molar-refractivity contribution in [2.24, 2.45) is 5.92 Å². The molecule has 0 bridgehead atoms. The van der Waals surface area contributed by atoms with E-state index in [4.69, 9.17) is 9.47 Å². The summed E-state index contributed by atoms with van der Waals surface area (Å²) in [5, 5.41) is 0.863. The molecule has 2 aromatic heterocycles. The molecule has 3 heterocycles. The van der Waals surface area contributed by atoms with E-state index in [1.54, 1.807) is 48.0 Å². The monoisotopic (exact) mass is 674 g/mol. The minimum atomic E-state index is -1.09. The summed E-state index contributed by atoms with van der Waals surface area (Å²) in [6.45, 7) is 10.9. The molecule has 1 aromatic carbocycles. The predicted octanol–water partition coefficient (Wildman–Crippen LogP) is 5.97. The molecule has 49 heavy (non-hydrogen) atoms. The van der Waals surface area contributed by atoms with E-state index in [2.05, 4.69) is 13.8 Å². The van der Waals surface area contributed by atoms with Crippen LogP contribution in [0.15, 0.2) is 59.5 Å². The lowest BCUT2D eigenvalue weighted by Crippen LogP contribution is -2.37. The predicted molar refractivity (Wildman–Crippen MR) is 189 cm³/mol. The fraction of sp³-hybridized carbons (Fsp3) is 0.500. The van der Waals surface area contributed by atoms with Gasteiger partial charge in [-0.25, -0.2) is 14.2 Å². The van der Waals surface area contributed by atoms with Crippen LogP contribution in [-0.2, 0) is 38.4 Å². The van der Waals surface area contributed by atoms with Crippen molar-refractivity contribution in [2.45, 2.75) is 91.4 Å². The molecule has 1 fully saturated rings. The minimum absolute atomic E-state index is 0.0635. The van der Waals surface area contributed by atoms with Gasteiger partial charge in [0, 0.05) is 50.8 Å². The van der Waals surface area contributed by atoms with Crippen LogP contribution < -0.4 is 5.56 Å². The molecule has 0 radical (unpaired) electrons. The number of likely N-dealkylation sites (tertiary alicyclic amines) is 1. The summed E-state index contributed by atoms with van der Waals surface area (Å²) in [6.07, 6.45) is 5.28. The van der Waals surface area contributed by atoms with E-state index in [-0.39, 0.29) is 36.4 Å². The Labute approximate surface area is 288 Å². The van der Waals surface area contributed by atoms with Crippen molar-refractivity contribution in [2.75, 3.05) is 27.2 Å². The Hall–Kier alpha value is -4.67. The summed E-state index contributed by atoms with van der Waals surface area (Å²) in [6, 6.07) is 11.1. The van der Waals surface area contributed by atoms with Crippen molar-refractivity contribution in [1.82, 2.24) is 18.9 Å². The number of fused-ring (bicyclic) bond motifs is 1. The van der Waals surface area contributed by atoms with Crippen LogP contribution in [0.25, 0.3) is 10.9 Å². The molecule has 0 spiro atoms. The van der Waals surface area contributed by atoms with Gasteiger partial charge < -0.3 is 23.8 Å². The Morgan fingerprint density at radius 3 is 2.33 bits per heavy atom. The first kappa shape index (κ1) is 37.2. The molecule has 0 unspecified atom stereocenters. The normalized spacial score (nSPS) is 14.1. The highest BCUT2D eigenvalue weighted by Crippen LogP contribution is 2.27. The molecule has 0 saturated carbocycles. The SMILES string of the molecule is CC(C)Cc1cccc2cc(Cn3cccc(CC(=O)[C@H](CC/C=C/C(=O)N(C)C)OC(=O)N4CCCC4)c3=O)n(C(=O)OC(C)(C)C)c12. The molecule has 1 aliphatic heterocycles. The smallest absolute Gasteiger partial charge is 0.419 e. The van der Waals surface area contributed by atoms with Gasteiger partial charge in [0.05, 0.1) is 17.8 Å². The van der Waals surface area contributed by atoms with Crippen LogP contribution in [0.5, 0.6) is 0 Å². The number of ketones is 1. The molecule has 1 atom stereocenters. The van der Waals surface area contributed by atoms with Crippen molar-refractivity contribution < 1.29 is 28.7 Å². The number of hydrogen-bond donors (Lipinski definition) is 0. The van der Waals surface area contributed by atoms with Crippen LogP contribution in [0, 0.1) is 5.92 Å². The van der Waals surface area contributed by atoms with E-state index in [0.29, 0.717) is 31.1 Å². The number of benzene rings is 1. The summed E-state index contributed by atoms with van der Waals surface area (Å²) in [5.74, 6) is -0.248. The van der Waals surface area contributed by atoms with Crippen LogP contribution in [0.1, 0.15) is 77.1 Å². The zero-order valence-corrected chi connectivity index (χ0v) is 29.9. The van der Waals surface area contributed by atoms with E-state index < -0.39 is 29.7 Å². The lowest BCUT2D eigenvalue weighted by molar-refractivity contribution is -0.127.